The fraction of sp³-hybridized carbons (Fsp3) is 0.208. The molecule has 4 rings (SSSR count). The summed E-state index contributed by atoms with van der Waals surface area (Å²) in [5, 5.41) is 12.4. The smallest absolute Gasteiger partial charge is 0.254 e. The molecule has 0 spiro atoms. The highest BCUT2D eigenvalue weighted by atomic mass is 16.2. The summed E-state index contributed by atoms with van der Waals surface area (Å²) in [5.41, 5.74) is 3.09. The fourth-order valence-electron chi connectivity index (χ4n) is 3.59. The minimum atomic E-state index is 0.00776. The minimum Gasteiger partial charge on any atom is -0.339 e. The van der Waals surface area contributed by atoms with E-state index in [1.165, 1.54) is 5.56 Å². The molecule has 2 heterocycles. The Labute approximate surface area is 176 Å². The molecular formula is C24H23N5O. The molecule has 0 radical (unpaired) electrons. The Kier molecular flexibility index (Phi) is 6.02. The van der Waals surface area contributed by atoms with Crippen LogP contribution in [0.5, 0.6) is 0 Å². The number of amides is 1. The maximum Gasteiger partial charge on any atom is 0.254 e. The molecule has 0 unspecified atom stereocenters. The molecule has 0 atom stereocenters. The van der Waals surface area contributed by atoms with E-state index < -0.39 is 0 Å². The van der Waals surface area contributed by atoms with Gasteiger partial charge in [-0.25, -0.2) is 4.98 Å². The zero-order valence-electron chi connectivity index (χ0n) is 16.7. The number of nitriles is 1. The van der Waals surface area contributed by atoms with Crippen LogP contribution >= 0.6 is 0 Å². The normalized spacial score (nSPS) is 14.2. The van der Waals surface area contributed by atoms with Gasteiger partial charge in [-0.2, -0.15) is 5.26 Å². The molecule has 0 aliphatic carbocycles. The maximum atomic E-state index is 13.0. The quantitative estimate of drug-likeness (QED) is 0.711. The number of piperazine rings is 1. The third-order valence-electron chi connectivity index (χ3n) is 5.23. The second-order valence-corrected chi connectivity index (χ2v) is 7.27. The lowest BCUT2D eigenvalue weighted by molar-refractivity contribution is 0.0628. The number of anilines is 2. The Morgan fingerprint density at radius 1 is 1.00 bits per heavy atom. The molecule has 6 nitrogen and oxygen atoms in total. The van der Waals surface area contributed by atoms with Crippen molar-refractivity contribution in [3.8, 4) is 6.07 Å². The van der Waals surface area contributed by atoms with Crippen molar-refractivity contribution in [1.29, 1.82) is 5.26 Å². The summed E-state index contributed by atoms with van der Waals surface area (Å²) in [5.74, 6) is 0.555. The minimum absolute atomic E-state index is 0.00776. The number of nitrogens with one attached hydrogen (secondary N) is 1. The third-order valence-corrected chi connectivity index (χ3v) is 5.23. The van der Waals surface area contributed by atoms with Gasteiger partial charge in [0, 0.05) is 44.5 Å². The van der Waals surface area contributed by atoms with Crippen LogP contribution in [0.3, 0.4) is 0 Å². The highest BCUT2D eigenvalue weighted by molar-refractivity contribution is 5.95. The highest BCUT2D eigenvalue weighted by Gasteiger charge is 2.22. The number of hydrogen-bond donors (Lipinski definition) is 1. The monoisotopic (exact) mass is 397 g/mol. The van der Waals surface area contributed by atoms with Crippen LogP contribution in [-0.2, 0) is 6.54 Å². The van der Waals surface area contributed by atoms with Crippen molar-refractivity contribution in [2.75, 3.05) is 31.5 Å². The summed E-state index contributed by atoms with van der Waals surface area (Å²) in [6.07, 6.45) is 1.62. The number of para-hydroxylation sites is 1. The van der Waals surface area contributed by atoms with Crippen LogP contribution in [0, 0.1) is 11.3 Å². The van der Waals surface area contributed by atoms with Gasteiger partial charge in [-0.1, -0.05) is 42.5 Å². The van der Waals surface area contributed by atoms with Gasteiger partial charge < -0.3 is 10.2 Å². The largest absolute Gasteiger partial charge is 0.339 e. The Balaban J connectivity index is 1.38. The van der Waals surface area contributed by atoms with E-state index in [0.29, 0.717) is 35.7 Å². The fourth-order valence-corrected chi connectivity index (χ4v) is 3.59. The van der Waals surface area contributed by atoms with Crippen molar-refractivity contribution < 1.29 is 4.79 Å². The molecule has 1 N–H and O–H groups in total. The van der Waals surface area contributed by atoms with Crippen molar-refractivity contribution in [1.82, 2.24) is 14.8 Å². The molecular weight excluding hydrogens is 374 g/mol. The molecule has 3 aromatic rings. The van der Waals surface area contributed by atoms with Crippen LogP contribution in [0.15, 0.2) is 72.9 Å². The van der Waals surface area contributed by atoms with Crippen molar-refractivity contribution >= 4 is 17.4 Å². The number of carbonyl (C=O) groups excluding carboxylic acids is 1. The summed E-state index contributed by atoms with van der Waals surface area (Å²) in [4.78, 5) is 21.6. The Morgan fingerprint density at radius 2 is 1.73 bits per heavy atom. The topological polar surface area (TPSA) is 72.3 Å². The van der Waals surface area contributed by atoms with Crippen LogP contribution in [0.25, 0.3) is 0 Å². The standard InChI is InChI=1S/C24H23N5O/c25-17-21-8-4-5-9-22(21)27-23-16-20(10-11-26-23)24(30)29-14-12-28(13-15-29)18-19-6-2-1-3-7-19/h1-11,16H,12-15,18H2,(H,26,27). The predicted molar refractivity (Wildman–Crippen MR) is 116 cm³/mol. The molecule has 1 aliphatic rings. The van der Waals surface area contributed by atoms with Gasteiger partial charge in [-0.05, 0) is 29.8 Å². The lowest BCUT2D eigenvalue weighted by atomic mass is 10.1. The van der Waals surface area contributed by atoms with Gasteiger partial charge in [-0.3, -0.25) is 9.69 Å². The molecule has 150 valence electrons. The van der Waals surface area contributed by atoms with Gasteiger partial charge in [-0.15, -0.1) is 0 Å². The molecule has 1 saturated heterocycles. The Bertz CT molecular complexity index is 1050. The molecule has 1 aromatic heterocycles. The average Bonchev–Trinajstić information content (AvgIpc) is 2.80. The first-order valence-corrected chi connectivity index (χ1v) is 10.0. The molecule has 1 amide bonds. The first-order valence-electron chi connectivity index (χ1n) is 10.0. The van der Waals surface area contributed by atoms with E-state index in [9.17, 15) is 10.1 Å². The molecule has 0 saturated carbocycles. The van der Waals surface area contributed by atoms with E-state index in [4.69, 9.17) is 0 Å². The van der Waals surface area contributed by atoms with E-state index in [1.807, 2.05) is 29.2 Å². The van der Waals surface area contributed by atoms with Gasteiger partial charge >= 0.3 is 0 Å². The number of carbonyl (C=O) groups is 1. The number of aromatic nitrogens is 1. The van der Waals surface area contributed by atoms with Crippen molar-refractivity contribution in [2.24, 2.45) is 0 Å². The van der Waals surface area contributed by atoms with E-state index >= 15 is 0 Å². The van der Waals surface area contributed by atoms with Gasteiger partial charge in [0.1, 0.15) is 11.9 Å². The molecule has 1 aliphatic heterocycles. The zero-order valence-corrected chi connectivity index (χ0v) is 16.7. The lowest BCUT2D eigenvalue weighted by Crippen LogP contribution is -2.48. The summed E-state index contributed by atoms with van der Waals surface area (Å²) < 4.78 is 0. The van der Waals surface area contributed by atoms with Crippen LogP contribution in [-0.4, -0.2) is 46.9 Å². The van der Waals surface area contributed by atoms with Crippen LogP contribution in [0.4, 0.5) is 11.5 Å². The summed E-state index contributed by atoms with van der Waals surface area (Å²) in [6, 6.07) is 23.3. The lowest BCUT2D eigenvalue weighted by Gasteiger charge is -2.34. The van der Waals surface area contributed by atoms with E-state index in [-0.39, 0.29) is 5.91 Å². The second-order valence-electron chi connectivity index (χ2n) is 7.27. The number of hydrogen-bond acceptors (Lipinski definition) is 5. The van der Waals surface area contributed by atoms with Gasteiger partial charge in [0.25, 0.3) is 5.91 Å². The number of rotatable bonds is 5. The van der Waals surface area contributed by atoms with E-state index in [1.54, 1.807) is 24.4 Å². The molecule has 0 bridgehead atoms. The van der Waals surface area contributed by atoms with Crippen LogP contribution in [0.2, 0.25) is 0 Å². The molecule has 1 fully saturated rings. The summed E-state index contributed by atoms with van der Waals surface area (Å²) in [6.45, 7) is 4.02. The highest BCUT2D eigenvalue weighted by Crippen LogP contribution is 2.20. The average molecular weight is 397 g/mol. The summed E-state index contributed by atoms with van der Waals surface area (Å²) >= 11 is 0. The SMILES string of the molecule is N#Cc1ccccc1Nc1cc(C(=O)N2CCN(Cc3ccccc3)CC2)ccn1. The molecule has 30 heavy (non-hydrogen) atoms. The van der Waals surface area contributed by atoms with Crippen LogP contribution < -0.4 is 5.32 Å². The number of nitrogens with zero attached hydrogens (tertiary/aromatic N) is 4. The Hall–Kier alpha value is -3.69. The van der Waals surface area contributed by atoms with Crippen molar-refractivity contribution in [2.45, 2.75) is 6.54 Å². The first kappa shape index (κ1) is 19.6. The molecule has 6 heteroatoms. The van der Waals surface area contributed by atoms with Crippen LogP contribution in [0.1, 0.15) is 21.5 Å². The zero-order chi connectivity index (χ0) is 20.8. The van der Waals surface area contributed by atoms with Gasteiger partial charge in [0.2, 0.25) is 0 Å². The first-order chi connectivity index (χ1) is 14.7. The third kappa shape index (κ3) is 4.65. The van der Waals surface area contributed by atoms with Gasteiger partial charge in [0.15, 0.2) is 0 Å². The van der Waals surface area contributed by atoms with Gasteiger partial charge in [0.05, 0.1) is 11.3 Å². The Morgan fingerprint density at radius 3 is 2.50 bits per heavy atom. The second kappa shape index (κ2) is 9.21. The maximum absolute atomic E-state index is 13.0. The summed E-state index contributed by atoms with van der Waals surface area (Å²) in [7, 11) is 0. The number of pyridine rings is 1. The van der Waals surface area contributed by atoms with E-state index in [0.717, 1.165) is 19.6 Å². The molecule has 2 aromatic carbocycles. The predicted octanol–water partition coefficient (Wildman–Crippen LogP) is 3.65. The van der Waals surface area contributed by atoms with Crippen molar-refractivity contribution in [3.63, 3.8) is 0 Å². The number of benzene rings is 2. The van der Waals surface area contributed by atoms with E-state index in [2.05, 4.69) is 45.5 Å². The van der Waals surface area contributed by atoms with Crippen molar-refractivity contribution in [3.05, 3.63) is 89.6 Å².